The molecule has 12 nitrogen and oxygen atoms in total. The van der Waals surface area contributed by atoms with Gasteiger partial charge in [0.2, 0.25) is 0 Å². The van der Waals surface area contributed by atoms with Gasteiger partial charge in [-0.25, -0.2) is 13.8 Å². The minimum absolute atomic E-state index is 0.0607. The summed E-state index contributed by atoms with van der Waals surface area (Å²) in [6.45, 7) is 1.60. The molecule has 0 aliphatic heterocycles. The van der Waals surface area contributed by atoms with E-state index >= 15 is 0 Å². The number of nitrogens with zero attached hydrogens (tertiary/aromatic N) is 3. The van der Waals surface area contributed by atoms with E-state index in [9.17, 15) is 33.4 Å². The number of benzene rings is 3. The molecule has 3 aromatic carbocycles. The van der Waals surface area contributed by atoms with E-state index in [1.165, 1.54) is 54.6 Å². The van der Waals surface area contributed by atoms with Crippen LogP contribution < -0.4 is 10.1 Å². The van der Waals surface area contributed by atoms with E-state index in [2.05, 4.69) is 15.2 Å². The van der Waals surface area contributed by atoms with E-state index in [1.807, 2.05) is 0 Å². The number of anilines is 1. The third-order valence-corrected chi connectivity index (χ3v) is 5.98. The van der Waals surface area contributed by atoms with Crippen LogP contribution >= 0.6 is 0 Å². The van der Waals surface area contributed by atoms with Gasteiger partial charge in [-0.3, -0.25) is 29.7 Å². The Morgan fingerprint density at radius 1 is 0.882 bits per heavy atom. The number of nitrogens with one attached hydrogen (secondary N) is 2. The Morgan fingerprint density at radius 2 is 1.56 bits per heavy atom. The van der Waals surface area contributed by atoms with Crippen molar-refractivity contribution in [3.8, 4) is 0 Å². The number of sulfonamides is 1. The first-order valence-electron chi connectivity index (χ1n) is 9.54. The maximum absolute atomic E-state index is 12.6. The second-order valence-corrected chi connectivity index (χ2v) is 8.50. The first-order valence-corrected chi connectivity index (χ1v) is 11.0. The second kappa shape index (κ2) is 9.87. The number of amides is 1. The SMILES string of the molecule is CC(=NNC(=O)c1cccc([N+](=O)[O-])c1)c1ccc(NS(=O)(=O)c2ccccc2[N+](=O)[O-])cc1. The molecule has 13 heteroatoms. The molecule has 34 heavy (non-hydrogen) atoms. The summed E-state index contributed by atoms with van der Waals surface area (Å²) >= 11 is 0. The van der Waals surface area contributed by atoms with Crippen molar-refractivity contribution in [2.45, 2.75) is 11.8 Å². The molecule has 0 radical (unpaired) electrons. The van der Waals surface area contributed by atoms with Crippen LogP contribution in [0.2, 0.25) is 0 Å². The number of carbonyl (C=O) groups is 1. The molecule has 0 atom stereocenters. The Kier molecular flexibility index (Phi) is 6.97. The zero-order chi connectivity index (χ0) is 24.9. The molecule has 0 bridgehead atoms. The van der Waals surface area contributed by atoms with Crippen molar-refractivity contribution < 1.29 is 23.1 Å². The summed E-state index contributed by atoms with van der Waals surface area (Å²) in [4.78, 5) is 32.3. The van der Waals surface area contributed by atoms with Crippen molar-refractivity contribution in [1.29, 1.82) is 0 Å². The Hall–Kier alpha value is -4.65. The summed E-state index contributed by atoms with van der Waals surface area (Å²) in [5.74, 6) is -0.642. The van der Waals surface area contributed by atoms with E-state index in [1.54, 1.807) is 6.92 Å². The van der Waals surface area contributed by atoms with Crippen LogP contribution in [-0.2, 0) is 10.0 Å². The van der Waals surface area contributed by atoms with Gasteiger partial charge in [-0.2, -0.15) is 5.10 Å². The molecule has 3 aromatic rings. The topological polar surface area (TPSA) is 174 Å². The van der Waals surface area contributed by atoms with Crippen LogP contribution in [0.25, 0.3) is 0 Å². The molecule has 0 aliphatic rings. The molecule has 0 spiro atoms. The van der Waals surface area contributed by atoms with E-state index in [0.29, 0.717) is 11.3 Å². The molecule has 0 aliphatic carbocycles. The van der Waals surface area contributed by atoms with E-state index < -0.39 is 36.4 Å². The van der Waals surface area contributed by atoms with Crippen LogP contribution in [0, 0.1) is 20.2 Å². The Balaban J connectivity index is 1.72. The summed E-state index contributed by atoms with van der Waals surface area (Å²) in [5.41, 5.74) is 2.68. The number of non-ortho nitro benzene ring substituents is 1. The number of hydrazone groups is 1. The molecule has 0 aromatic heterocycles. The van der Waals surface area contributed by atoms with Crippen LogP contribution in [0.4, 0.5) is 17.1 Å². The smallest absolute Gasteiger partial charge is 0.279 e. The highest BCUT2D eigenvalue weighted by molar-refractivity contribution is 7.92. The quantitative estimate of drug-likeness (QED) is 0.280. The second-order valence-electron chi connectivity index (χ2n) is 6.85. The number of hydrogen-bond donors (Lipinski definition) is 2. The van der Waals surface area contributed by atoms with E-state index in [0.717, 1.165) is 18.2 Å². The highest BCUT2D eigenvalue weighted by Crippen LogP contribution is 2.25. The Labute approximate surface area is 193 Å². The average Bonchev–Trinajstić information content (AvgIpc) is 2.82. The maximum Gasteiger partial charge on any atom is 0.289 e. The van der Waals surface area contributed by atoms with Crippen LogP contribution in [0.1, 0.15) is 22.8 Å². The molecule has 0 unspecified atom stereocenters. The van der Waals surface area contributed by atoms with Crippen LogP contribution in [0.5, 0.6) is 0 Å². The summed E-state index contributed by atoms with van der Waals surface area (Å²) < 4.78 is 27.5. The summed E-state index contributed by atoms with van der Waals surface area (Å²) in [7, 11) is -4.21. The number of para-hydroxylation sites is 1. The Bertz CT molecular complexity index is 1400. The van der Waals surface area contributed by atoms with Gasteiger partial charge in [0, 0.05) is 29.4 Å². The fraction of sp³-hybridized carbons (Fsp3) is 0.0476. The predicted octanol–water partition coefficient (Wildman–Crippen LogP) is 3.46. The van der Waals surface area contributed by atoms with Crippen LogP contribution in [-0.4, -0.2) is 29.9 Å². The summed E-state index contributed by atoms with van der Waals surface area (Å²) in [5, 5.41) is 25.9. The maximum atomic E-state index is 12.6. The standard InChI is InChI=1S/C21H17N5O7S/c1-14(22-23-21(27)16-5-4-6-18(13-16)25(28)29)15-9-11-17(12-10-15)24-34(32,33)20-8-3-2-7-19(20)26(30)31/h2-13,24H,1H3,(H,23,27). The van der Waals surface area contributed by atoms with Crippen molar-refractivity contribution >= 4 is 38.7 Å². The monoisotopic (exact) mass is 483 g/mol. The molecular formula is C21H17N5O7S. The van der Waals surface area contributed by atoms with Crippen molar-refractivity contribution in [2.75, 3.05) is 4.72 Å². The molecule has 2 N–H and O–H groups in total. The number of nitro benzene ring substituents is 2. The van der Waals surface area contributed by atoms with Crippen LogP contribution in [0.15, 0.2) is 82.8 Å². The van der Waals surface area contributed by atoms with Crippen molar-refractivity contribution in [3.63, 3.8) is 0 Å². The zero-order valence-electron chi connectivity index (χ0n) is 17.5. The molecule has 0 heterocycles. The first kappa shape index (κ1) is 24.0. The molecular weight excluding hydrogens is 466 g/mol. The average molecular weight is 483 g/mol. The predicted molar refractivity (Wildman–Crippen MR) is 123 cm³/mol. The largest absolute Gasteiger partial charge is 0.289 e. The minimum atomic E-state index is -4.21. The minimum Gasteiger partial charge on any atom is -0.279 e. The van der Waals surface area contributed by atoms with E-state index in [4.69, 9.17) is 0 Å². The highest BCUT2D eigenvalue weighted by atomic mass is 32.2. The van der Waals surface area contributed by atoms with Gasteiger partial charge >= 0.3 is 0 Å². The van der Waals surface area contributed by atoms with Gasteiger partial charge in [-0.15, -0.1) is 0 Å². The molecule has 0 fully saturated rings. The van der Waals surface area contributed by atoms with Gasteiger partial charge in [-0.1, -0.05) is 30.3 Å². The van der Waals surface area contributed by atoms with Gasteiger partial charge in [0.1, 0.15) is 0 Å². The molecule has 174 valence electrons. The van der Waals surface area contributed by atoms with Gasteiger partial charge in [-0.05, 0) is 36.8 Å². The lowest BCUT2D eigenvalue weighted by molar-refractivity contribution is -0.387. The zero-order valence-corrected chi connectivity index (χ0v) is 18.4. The van der Waals surface area contributed by atoms with Gasteiger partial charge in [0.05, 0.1) is 15.6 Å². The lowest BCUT2D eigenvalue weighted by Crippen LogP contribution is -2.19. The third-order valence-electron chi connectivity index (χ3n) is 4.55. The van der Waals surface area contributed by atoms with E-state index in [-0.39, 0.29) is 16.9 Å². The van der Waals surface area contributed by atoms with Crippen molar-refractivity contribution in [1.82, 2.24) is 5.43 Å². The fourth-order valence-corrected chi connectivity index (χ4v) is 4.08. The Morgan fingerprint density at radius 3 is 2.21 bits per heavy atom. The summed E-state index contributed by atoms with van der Waals surface area (Å²) in [6.07, 6.45) is 0. The highest BCUT2D eigenvalue weighted by Gasteiger charge is 2.25. The molecule has 0 saturated heterocycles. The third kappa shape index (κ3) is 5.58. The lowest BCUT2D eigenvalue weighted by atomic mass is 10.1. The summed E-state index contributed by atoms with van der Waals surface area (Å²) in [6, 6.07) is 16.1. The normalized spacial score (nSPS) is 11.5. The lowest BCUT2D eigenvalue weighted by Gasteiger charge is -2.09. The number of hydrogen-bond acceptors (Lipinski definition) is 8. The number of rotatable bonds is 8. The molecule has 0 saturated carbocycles. The number of nitro groups is 2. The number of carbonyl (C=O) groups excluding carboxylic acids is 1. The molecule has 1 amide bonds. The van der Waals surface area contributed by atoms with Crippen molar-refractivity contribution in [3.05, 3.63) is 104 Å². The molecule has 3 rings (SSSR count). The fourth-order valence-electron chi connectivity index (χ4n) is 2.85. The van der Waals surface area contributed by atoms with Crippen molar-refractivity contribution in [2.24, 2.45) is 5.10 Å². The van der Waals surface area contributed by atoms with Gasteiger partial charge in [0.15, 0.2) is 4.90 Å². The van der Waals surface area contributed by atoms with Gasteiger partial charge < -0.3 is 0 Å². The van der Waals surface area contributed by atoms with Gasteiger partial charge in [0.25, 0.3) is 27.3 Å². The first-order chi connectivity index (χ1) is 16.1. The van der Waals surface area contributed by atoms with Crippen LogP contribution in [0.3, 0.4) is 0 Å².